The van der Waals surface area contributed by atoms with Gasteiger partial charge >= 0.3 is 6.09 Å². The average molecular weight is 364 g/mol. The van der Waals surface area contributed by atoms with Crippen LogP contribution in [0.5, 0.6) is 5.88 Å². The first-order valence-corrected chi connectivity index (χ1v) is 8.76. The molecule has 3 rings (SSSR count). The van der Waals surface area contributed by atoms with Crippen LogP contribution >= 0.6 is 11.6 Å². The van der Waals surface area contributed by atoms with Crippen molar-refractivity contribution in [2.45, 2.75) is 45.3 Å². The molecule has 2 aromatic rings. The van der Waals surface area contributed by atoms with Crippen LogP contribution in [-0.4, -0.2) is 45.8 Å². The molecule has 0 saturated carbocycles. The van der Waals surface area contributed by atoms with Gasteiger partial charge < -0.3 is 14.4 Å². The molecule has 1 aliphatic rings. The molecule has 0 N–H and O–H groups in total. The third-order valence-corrected chi connectivity index (χ3v) is 4.16. The molecule has 1 atom stereocenters. The average Bonchev–Trinajstić information content (AvgIpc) is 3.00. The summed E-state index contributed by atoms with van der Waals surface area (Å²) in [5.41, 5.74) is 0.923. The van der Waals surface area contributed by atoms with Gasteiger partial charge in [0.15, 0.2) is 5.15 Å². The van der Waals surface area contributed by atoms with Crippen LogP contribution in [0.3, 0.4) is 0 Å². The van der Waals surface area contributed by atoms with Crippen LogP contribution < -0.4 is 4.74 Å². The second kappa shape index (κ2) is 7.04. The van der Waals surface area contributed by atoms with Crippen molar-refractivity contribution in [2.75, 3.05) is 13.2 Å². The number of halogens is 1. The number of rotatable bonds is 3. The van der Waals surface area contributed by atoms with E-state index in [4.69, 9.17) is 21.1 Å². The van der Waals surface area contributed by atoms with Gasteiger partial charge in [-0.2, -0.15) is 0 Å². The van der Waals surface area contributed by atoms with E-state index in [1.165, 1.54) is 0 Å². The molecular weight excluding hydrogens is 342 g/mol. The summed E-state index contributed by atoms with van der Waals surface area (Å²) < 4.78 is 11.2. The molecule has 0 radical (unpaired) electrons. The van der Waals surface area contributed by atoms with Crippen LogP contribution in [0.1, 0.15) is 33.6 Å². The van der Waals surface area contributed by atoms with Crippen LogP contribution in [0.25, 0.3) is 11.0 Å². The van der Waals surface area contributed by atoms with E-state index in [1.807, 2.05) is 45.0 Å². The number of carbonyl (C=O) groups excluding carboxylic acids is 1. The Balaban J connectivity index is 1.68. The first-order valence-electron chi connectivity index (χ1n) is 8.38. The van der Waals surface area contributed by atoms with Crippen molar-refractivity contribution in [3.05, 3.63) is 29.4 Å². The van der Waals surface area contributed by atoms with E-state index in [1.54, 1.807) is 4.90 Å². The van der Waals surface area contributed by atoms with Crippen molar-refractivity contribution in [1.82, 2.24) is 14.9 Å². The number of ether oxygens (including phenoxy) is 2. The van der Waals surface area contributed by atoms with Crippen LogP contribution in [0.2, 0.25) is 5.15 Å². The minimum atomic E-state index is -0.516. The number of nitrogens with zero attached hydrogens (tertiary/aromatic N) is 3. The summed E-state index contributed by atoms with van der Waals surface area (Å²) in [6.07, 6.45) is 1.47. The Kier molecular flexibility index (Phi) is 4.99. The van der Waals surface area contributed by atoms with Crippen LogP contribution in [0.15, 0.2) is 24.3 Å². The molecule has 1 saturated heterocycles. The first-order chi connectivity index (χ1) is 11.8. The topological polar surface area (TPSA) is 64.5 Å². The predicted octanol–water partition coefficient (Wildman–Crippen LogP) is 4.06. The summed E-state index contributed by atoms with van der Waals surface area (Å²) in [6, 6.07) is 7.41. The second-order valence-electron chi connectivity index (χ2n) is 7.09. The maximum atomic E-state index is 12.3. The number of likely N-dealkylation sites (tertiary alicyclic amines) is 1. The number of para-hydroxylation sites is 2. The van der Waals surface area contributed by atoms with Crippen molar-refractivity contribution in [3.8, 4) is 5.88 Å². The van der Waals surface area contributed by atoms with Gasteiger partial charge in [-0.3, -0.25) is 0 Å². The lowest BCUT2D eigenvalue weighted by Crippen LogP contribution is -2.42. The van der Waals surface area contributed by atoms with Gasteiger partial charge in [0.2, 0.25) is 0 Å². The van der Waals surface area contributed by atoms with Crippen molar-refractivity contribution in [2.24, 2.45) is 0 Å². The normalized spacial score (nSPS) is 17.8. The number of benzene rings is 1. The smallest absolute Gasteiger partial charge is 0.410 e. The summed E-state index contributed by atoms with van der Waals surface area (Å²) in [6.45, 7) is 6.55. The van der Waals surface area contributed by atoms with Gasteiger partial charge in [-0.1, -0.05) is 23.7 Å². The molecule has 7 heteroatoms. The molecule has 1 aliphatic heterocycles. The first kappa shape index (κ1) is 17.7. The fourth-order valence-corrected chi connectivity index (χ4v) is 2.99. The van der Waals surface area contributed by atoms with E-state index in [2.05, 4.69) is 9.97 Å². The Morgan fingerprint density at radius 2 is 1.96 bits per heavy atom. The Bertz CT molecular complexity index is 776. The Morgan fingerprint density at radius 1 is 1.28 bits per heavy atom. The van der Waals surface area contributed by atoms with Gasteiger partial charge in [0.05, 0.1) is 17.1 Å². The summed E-state index contributed by atoms with van der Waals surface area (Å²) in [5, 5.41) is 0.223. The summed E-state index contributed by atoms with van der Waals surface area (Å²) >= 11 is 6.17. The van der Waals surface area contributed by atoms with Gasteiger partial charge in [-0.15, -0.1) is 0 Å². The second-order valence-corrected chi connectivity index (χ2v) is 7.45. The van der Waals surface area contributed by atoms with Gasteiger partial charge in [-0.05, 0) is 45.7 Å². The minimum Gasteiger partial charge on any atom is -0.473 e. The highest BCUT2D eigenvalue weighted by molar-refractivity contribution is 6.31. The third-order valence-electron chi connectivity index (χ3n) is 3.92. The van der Waals surface area contributed by atoms with Crippen LogP contribution in [0, 0.1) is 0 Å². The van der Waals surface area contributed by atoms with Crippen LogP contribution in [-0.2, 0) is 4.74 Å². The highest BCUT2D eigenvalue weighted by Crippen LogP contribution is 2.25. The number of hydrogen-bond acceptors (Lipinski definition) is 5. The number of amides is 1. The lowest BCUT2D eigenvalue weighted by molar-refractivity contribution is 0.0186. The van der Waals surface area contributed by atoms with E-state index in [9.17, 15) is 4.79 Å². The fourth-order valence-electron chi connectivity index (χ4n) is 2.80. The zero-order valence-corrected chi connectivity index (χ0v) is 15.4. The Labute approximate surface area is 152 Å². The van der Waals surface area contributed by atoms with E-state index in [0.29, 0.717) is 13.2 Å². The SMILES string of the molecule is CC(C)(C)OC(=O)N1CCC[C@@H]1COc1nc2ccccc2nc1Cl. The molecule has 1 aromatic carbocycles. The highest BCUT2D eigenvalue weighted by Gasteiger charge is 2.32. The molecule has 6 nitrogen and oxygen atoms in total. The van der Waals surface area contributed by atoms with Gasteiger partial charge in [-0.25, -0.2) is 14.8 Å². The number of carbonyl (C=O) groups is 1. The van der Waals surface area contributed by atoms with Gasteiger partial charge in [0, 0.05) is 6.54 Å². The lowest BCUT2D eigenvalue weighted by Gasteiger charge is -2.28. The predicted molar refractivity (Wildman–Crippen MR) is 96.0 cm³/mol. The van der Waals surface area contributed by atoms with Crippen molar-refractivity contribution >= 4 is 28.7 Å². The molecule has 0 bridgehead atoms. The number of fused-ring (bicyclic) bond motifs is 1. The van der Waals surface area contributed by atoms with Crippen molar-refractivity contribution < 1.29 is 14.3 Å². The monoisotopic (exact) mass is 363 g/mol. The molecule has 134 valence electrons. The Hall–Kier alpha value is -2.08. The zero-order valence-electron chi connectivity index (χ0n) is 14.7. The van der Waals surface area contributed by atoms with E-state index < -0.39 is 5.60 Å². The fraction of sp³-hybridized carbons (Fsp3) is 0.500. The molecule has 1 aromatic heterocycles. The summed E-state index contributed by atoms with van der Waals surface area (Å²) in [5.74, 6) is 0.288. The molecule has 1 fully saturated rings. The minimum absolute atomic E-state index is 0.0563. The zero-order chi connectivity index (χ0) is 18.0. The maximum Gasteiger partial charge on any atom is 0.410 e. The van der Waals surface area contributed by atoms with Crippen molar-refractivity contribution in [1.29, 1.82) is 0 Å². The molecule has 1 amide bonds. The van der Waals surface area contributed by atoms with Gasteiger partial charge in [0.1, 0.15) is 12.2 Å². The maximum absolute atomic E-state index is 12.3. The molecule has 25 heavy (non-hydrogen) atoms. The lowest BCUT2D eigenvalue weighted by atomic mass is 10.2. The molecule has 0 aliphatic carbocycles. The van der Waals surface area contributed by atoms with E-state index in [-0.39, 0.29) is 23.2 Å². The van der Waals surface area contributed by atoms with E-state index >= 15 is 0 Å². The largest absolute Gasteiger partial charge is 0.473 e. The standard InChI is InChI=1S/C18H22ClN3O3/c1-18(2,3)25-17(23)22-10-6-7-12(22)11-24-16-15(19)20-13-8-4-5-9-14(13)21-16/h4-5,8-9,12H,6-7,10-11H2,1-3H3/t12-/m1/s1. The van der Waals surface area contributed by atoms with Crippen molar-refractivity contribution in [3.63, 3.8) is 0 Å². The summed E-state index contributed by atoms with van der Waals surface area (Å²) in [4.78, 5) is 22.7. The number of aromatic nitrogens is 2. The molecule has 0 spiro atoms. The molecule has 2 heterocycles. The number of hydrogen-bond donors (Lipinski definition) is 0. The van der Waals surface area contributed by atoms with Gasteiger partial charge in [0.25, 0.3) is 5.88 Å². The van der Waals surface area contributed by atoms with Crippen LogP contribution in [0.4, 0.5) is 4.79 Å². The summed E-state index contributed by atoms with van der Waals surface area (Å²) in [7, 11) is 0. The highest BCUT2D eigenvalue weighted by atomic mass is 35.5. The quantitative estimate of drug-likeness (QED) is 0.822. The molecule has 0 unspecified atom stereocenters. The Morgan fingerprint density at radius 3 is 2.64 bits per heavy atom. The third kappa shape index (κ3) is 4.31. The molecular formula is C18H22ClN3O3. The van der Waals surface area contributed by atoms with E-state index in [0.717, 1.165) is 23.9 Å².